The average Bonchev–Trinajstić information content (AvgIpc) is 3.52. The first-order chi connectivity index (χ1) is 16.5. The molecule has 0 radical (unpaired) electrons. The second-order valence-electron chi connectivity index (χ2n) is 9.50. The Morgan fingerprint density at radius 1 is 1.03 bits per heavy atom. The Labute approximate surface area is 197 Å². The van der Waals surface area contributed by atoms with Gasteiger partial charge in [-0.15, -0.1) is 0 Å². The Kier molecular flexibility index (Phi) is 4.99. The molecule has 0 N–H and O–H groups in total. The van der Waals surface area contributed by atoms with Crippen LogP contribution in [0, 0.1) is 11.7 Å². The van der Waals surface area contributed by atoms with Crippen molar-refractivity contribution in [2.45, 2.75) is 12.7 Å². The van der Waals surface area contributed by atoms with Crippen molar-refractivity contribution in [1.82, 2.24) is 24.2 Å². The van der Waals surface area contributed by atoms with Crippen LogP contribution in [0.4, 0.5) is 14.5 Å². The lowest BCUT2D eigenvalue weighted by molar-refractivity contribution is 0.231. The van der Waals surface area contributed by atoms with Crippen LogP contribution < -0.4 is 4.90 Å². The van der Waals surface area contributed by atoms with Gasteiger partial charge >= 0.3 is 0 Å². The molecule has 1 fully saturated rings. The molecule has 4 aromatic rings. The lowest BCUT2D eigenvalue weighted by Gasteiger charge is -2.21. The predicted molar refractivity (Wildman–Crippen MR) is 128 cm³/mol. The first-order valence-electron chi connectivity index (χ1n) is 11.5. The second-order valence-corrected chi connectivity index (χ2v) is 9.50. The van der Waals surface area contributed by atoms with Gasteiger partial charge in [0.1, 0.15) is 18.3 Å². The summed E-state index contributed by atoms with van der Waals surface area (Å²) in [5.74, 6) is 0.511. The zero-order valence-electron chi connectivity index (χ0n) is 19.2. The van der Waals surface area contributed by atoms with Crippen LogP contribution in [-0.4, -0.2) is 64.1 Å². The molecule has 34 heavy (non-hydrogen) atoms. The molecule has 174 valence electrons. The molecule has 6 nitrogen and oxygen atoms in total. The maximum atomic E-state index is 14.7. The lowest BCUT2D eigenvalue weighted by Crippen LogP contribution is -2.28. The Morgan fingerprint density at radius 3 is 2.65 bits per heavy atom. The van der Waals surface area contributed by atoms with Crippen molar-refractivity contribution in [3.8, 4) is 28.3 Å². The number of hydrogen-bond donors (Lipinski definition) is 0. The molecular formula is C26H26F2N6. The fourth-order valence-electron chi connectivity index (χ4n) is 5.19. The summed E-state index contributed by atoms with van der Waals surface area (Å²) >= 11 is 0. The van der Waals surface area contributed by atoms with E-state index in [1.165, 1.54) is 12.1 Å². The topological polar surface area (TPSA) is 42.1 Å². The lowest BCUT2D eigenvalue weighted by atomic mass is 10.1. The van der Waals surface area contributed by atoms with E-state index >= 15 is 0 Å². The first-order valence-corrected chi connectivity index (χ1v) is 11.5. The number of alkyl halides is 1. The van der Waals surface area contributed by atoms with Crippen LogP contribution in [0.2, 0.25) is 0 Å². The number of fused-ring (bicyclic) bond motifs is 5. The number of rotatable bonds is 4. The van der Waals surface area contributed by atoms with Crippen molar-refractivity contribution >= 4 is 5.69 Å². The van der Waals surface area contributed by atoms with Gasteiger partial charge in [-0.1, -0.05) is 12.1 Å². The highest BCUT2D eigenvalue weighted by atomic mass is 19.1. The van der Waals surface area contributed by atoms with Gasteiger partial charge in [0.15, 0.2) is 5.82 Å². The summed E-state index contributed by atoms with van der Waals surface area (Å²) in [5, 5.41) is 4.50. The Morgan fingerprint density at radius 2 is 1.85 bits per heavy atom. The van der Waals surface area contributed by atoms with E-state index in [9.17, 15) is 8.78 Å². The van der Waals surface area contributed by atoms with Crippen molar-refractivity contribution in [3.63, 3.8) is 0 Å². The number of nitrogens with zero attached hydrogens (tertiary/aromatic N) is 6. The molecule has 0 saturated carbocycles. The largest absolute Gasteiger partial charge is 0.368 e. The summed E-state index contributed by atoms with van der Waals surface area (Å²) in [5.41, 5.74) is 5.99. The fourth-order valence-corrected chi connectivity index (χ4v) is 5.19. The van der Waals surface area contributed by atoms with Crippen LogP contribution in [0.3, 0.4) is 0 Å². The average molecular weight is 461 g/mol. The van der Waals surface area contributed by atoms with Crippen LogP contribution in [-0.2, 0) is 6.54 Å². The molecule has 0 aliphatic carbocycles. The Hall–Kier alpha value is -3.52. The molecular weight excluding hydrogens is 434 g/mol. The highest BCUT2D eigenvalue weighted by Gasteiger charge is 2.33. The van der Waals surface area contributed by atoms with Gasteiger partial charge in [-0.3, -0.25) is 0 Å². The number of benzene rings is 2. The van der Waals surface area contributed by atoms with Crippen LogP contribution >= 0.6 is 0 Å². The highest BCUT2D eigenvalue weighted by Crippen LogP contribution is 2.35. The van der Waals surface area contributed by atoms with Gasteiger partial charge in [0.05, 0.1) is 11.4 Å². The zero-order valence-corrected chi connectivity index (χ0v) is 19.2. The van der Waals surface area contributed by atoms with Crippen molar-refractivity contribution in [2.75, 3.05) is 38.6 Å². The molecule has 4 heterocycles. The molecule has 2 aliphatic heterocycles. The molecule has 2 aromatic heterocycles. The van der Waals surface area contributed by atoms with Gasteiger partial charge < -0.3 is 14.4 Å². The van der Waals surface area contributed by atoms with E-state index in [1.54, 1.807) is 18.5 Å². The first kappa shape index (κ1) is 21.0. The number of anilines is 1. The predicted octanol–water partition coefficient (Wildman–Crippen LogP) is 4.24. The van der Waals surface area contributed by atoms with Crippen molar-refractivity contribution in [2.24, 2.45) is 5.92 Å². The molecule has 1 saturated heterocycles. The van der Waals surface area contributed by atoms with Crippen LogP contribution in [0.1, 0.15) is 5.56 Å². The van der Waals surface area contributed by atoms with Gasteiger partial charge in [0.25, 0.3) is 0 Å². The maximum Gasteiger partial charge on any atom is 0.179 e. The Balaban J connectivity index is 1.37. The van der Waals surface area contributed by atoms with Gasteiger partial charge in [0.2, 0.25) is 0 Å². The Bertz CT molecular complexity index is 1340. The van der Waals surface area contributed by atoms with E-state index in [-0.39, 0.29) is 11.7 Å². The molecule has 0 amide bonds. The summed E-state index contributed by atoms with van der Waals surface area (Å²) in [6, 6.07) is 14.8. The number of hydrogen-bond acceptors (Lipinski definition) is 4. The zero-order chi connectivity index (χ0) is 23.4. The molecule has 0 spiro atoms. The van der Waals surface area contributed by atoms with Crippen LogP contribution in [0.25, 0.3) is 28.3 Å². The highest BCUT2D eigenvalue weighted by molar-refractivity contribution is 5.71. The summed E-state index contributed by atoms with van der Waals surface area (Å²) in [4.78, 5) is 8.73. The van der Waals surface area contributed by atoms with E-state index in [4.69, 9.17) is 0 Å². The second kappa shape index (κ2) is 8.06. The molecule has 0 unspecified atom stereocenters. The van der Waals surface area contributed by atoms with Gasteiger partial charge in [-0.2, -0.15) is 5.10 Å². The summed E-state index contributed by atoms with van der Waals surface area (Å²) in [7, 11) is 3.98. The molecule has 2 aromatic carbocycles. The number of aromatic nitrogens is 4. The molecule has 6 rings (SSSR count). The van der Waals surface area contributed by atoms with E-state index in [0.29, 0.717) is 19.6 Å². The smallest absolute Gasteiger partial charge is 0.179 e. The minimum absolute atomic E-state index is 0.00467. The molecule has 2 atom stereocenters. The van der Waals surface area contributed by atoms with E-state index in [1.807, 2.05) is 18.8 Å². The third-order valence-corrected chi connectivity index (χ3v) is 6.81. The van der Waals surface area contributed by atoms with Gasteiger partial charge in [-0.25, -0.2) is 18.4 Å². The quantitative estimate of drug-likeness (QED) is 0.402. The third-order valence-electron chi connectivity index (χ3n) is 6.81. The maximum absolute atomic E-state index is 14.7. The van der Waals surface area contributed by atoms with Crippen molar-refractivity contribution in [1.29, 1.82) is 0 Å². The van der Waals surface area contributed by atoms with Crippen molar-refractivity contribution in [3.05, 3.63) is 72.4 Å². The monoisotopic (exact) mass is 460 g/mol. The molecule has 2 aliphatic rings. The summed E-state index contributed by atoms with van der Waals surface area (Å²) in [6.07, 6.45) is 2.80. The molecule has 0 bridgehead atoms. The normalized spacial score (nSPS) is 19.1. The van der Waals surface area contributed by atoms with E-state index in [2.05, 4.69) is 54.9 Å². The van der Waals surface area contributed by atoms with Crippen molar-refractivity contribution < 1.29 is 8.78 Å². The van der Waals surface area contributed by atoms with Gasteiger partial charge in [0, 0.05) is 49.5 Å². The number of halogens is 2. The standard InChI is InChI=1S/C26H26F2N6/c1-31(2)11-20-14-32(15-23(20)28)22-7-8-24-19(9-22)13-33-12-18(17-3-5-21(27)6-4-17)10-25(33)26-29-16-30-34(24)26/h3-10,12,16,20,23H,11,13-15H2,1-2H3/t20-,23+/m0/s1. The van der Waals surface area contributed by atoms with Crippen LogP contribution in [0.5, 0.6) is 0 Å². The third kappa shape index (κ3) is 3.58. The van der Waals surface area contributed by atoms with Crippen LogP contribution in [0.15, 0.2) is 61.1 Å². The minimum atomic E-state index is -0.836. The summed E-state index contributed by atoms with van der Waals surface area (Å²) < 4.78 is 32.2. The van der Waals surface area contributed by atoms with Gasteiger partial charge in [-0.05, 0) is 61.6 Å². The molecule has 8 heteroatoms. The fraction of sp³-hybridized carbons (Fsp3) is 0.308. The minimum Gasteiger partial charge on any atom is -0.368 e. The SMILES string of the molecule is CN(C)C[C@H]1CN(c2ccc3c(c2)Cn2cc(-c4ccc(F)cc4)cc2-c2ncnn2-3)C[C@H]1F. The summed E-state index contributed by atoms with van der Waals surface area (Å²) in [6.45, 7) is 2.49. The van der Waals surface area contributed by atoms with E-state index in [0.717, 1.165) is 46.1 Å². The van der Waals surface area contributed by atoms with E-state index < -0.39 is 6.17 Å².